The Morgan fingerprint density at radius 1 is 0.926 bits per heavy atom. The Morgan fingerprint density at radius 2 is 1.63 bits per heavy atom. The second-order valence-corrected chi connectivity index (χ2v) is 5.95. The second-order valence-electron chi connectivity index (χ2n) is 5.95. The summed E-state index contributed by atoms with van der Waals surface area (Å²) in [4.78, 5) is 28.2. The maximum Gasteiger partial charge on any atom is 0.431 e. The molecule has 0 aromatic heterocycles. The lowest BCUT2D eigenvalue weighted by Crippen LogP contribution is -2.36. The molecule has 138 valence electrons. The minimum atomic E-state index is -1.21. The lowest BCUT2D eigenvalue weighted by atomic mass is 10.1. The summed E-state index contributed by atoms with van der Waals surface area (Å²) in [5.74, 6) is -1.17. The first-order valence-corrected chi connectivity index (χ1v) is 8.45. The van der Waals surface area contributed by atoms with E-state index in [1.807, 2.05) is 48.5 Å². The predicted molar refractivity (Wildman–Crippen MR) is 99.9 cm³/mol. The molecule has 3 rings (SSSR count). The number of hydroxylamine groups is 1. The molecule has 0 bridgehead atoms. The highest BCUT2D eigenvalue weighted by atomic mass is 16.7. The van der Waals surface area contributed by atoms with Crippen molar-refractivity contribution in [1.29, 1.82) is 0 Å². The van der Waals surface area contributed by atoms with Gasteiger partial charge in [0.2, 0.25) is 0 Å². The van der Waals surface area contributed by atoms with Crippen LogP contribution in [0.1, 0.15) is 11.1 Å². The molecule has 0 aliphatic rings. The molecular weight excluding hydrogens is 346 g/mol. The fraction of sp³-hybridized carbons (Fsp3) is 0.143. The van der Waals surface area contributed by atoms with E-state index in [1.165, 1.54) is 0 Å². The highest BCUT2D eigenvalue weighted by Gasteiger charge is 2.20. The Bertz CT molecular complexity index is 921. The van der Waals surface area contributed by atoms with Crippen LogP contribution in [0.15, 0.2) is 72.8 Å². The summed E-state index contributed by atoms with van der Waals surface area (Å²) >= 11 is 0. The van der Waals surface area contributed by atoms with Crippen LogP contribution in [0.25, 0.3) is 10.8 Å². The number of carboxylic acid groups (broad SMARTS) is 1. The fourth-order valence-corrected chi connectivity index (χ4v) is 2.72. The van der Waals surface area contributed by atoms with Crippen molar-refractivity contribution < 1.29 is 24.3 Å². The van der Waals surface area contributed by atoms with Crippen molar-refractivity contribution in [2.24, 2.45) is 0 Å². The van der Waals surface area contributed by atoms with Gasteiger partial charge in [-0.3, -0.25) is 4.84 Å². The molecule has 1 amide bonds. The number of ether oxygens (including phenoxy) is 1. The minimum absolute atomic E-state index is 0.0486. The van der Waals surface area contributed by atoms with E-state index in [1.54, 1.807) is 24.3 Å². The molecule has 6 nitrogen and oxygen atoms in total. The molecular formula is C21H19NO5. The van der Waals surface area contributed by atoms with Crippen LogP contribution >= 0.6 is 0 Å². The van der Waals surface area contributed by atoms with Crippen molar-refractivity contribution in [3.05, 3.63) is 83.9 Å². The SMILES string of the molecule is O=C(NO[C@@H](Cc1ccccc1)C(=O)O)OCc1cccc2ccccc12. The number of hydrogen-bond acceptors (Lipinski definition) is 4. The molecule has 1 atom stereocenters. The highest BCUT2D eigenvalue weighted by molar-refractivity contribution is 5.85. The first-order chi connectivity index (χ1) is 13.1. The first kappa shape index (κ1) is 18.4. The Labute approximate surface area is 156 Å². The van der Waals surface area contributed by atoms with E-state index in [-0.39, 0.29) is 13.0 Å². The van der Waals surface area contributed by atoms with Gasteiger partial charge in [0.25, 0.3) is 0 Å². The molecule has 27 heavy (non-hydrogen) atoms. The van der Waals surface area contributed by atoms with Gasteiger partial charge in [0.15, 0.2) is 6.10 Å². The van der Waals surface area contributed by atoms with Crippen LogP contribution in [0.5, 0.6) is 0 Å². The summed E-state index contributed by atoms with van der Waals surface area (Å²) in [5, 5.41) is 11.3. The quantitative estimate of drug-likeness (QED) is 0.624. The zero-order valence-corrected chi connectivity index (χ0v) is 14.5. The van der Waals surface area contributed by atoms with Gasteiger partial charge in [-0.25, -0.2) is 9.59 Å². The van der Waals surface area contributed by atoms with Crippen LogP contribution in [0, 0.1) is 0 Å². The molecule has 6 heteroatoms. The molecule has 2 N–H and O–H groups in total. The average Bonchev–Trinajstić information content (AvgIpc) is 2.70. The molecule has 0 saturated heterocycles. The molecule has 3 aromatic rings. The minimum Gasteiger partial charge on any atom is -0.479 e. The highest BCUT2D eigenvalue weighted by Crippen LogP contribution is 2.19. The Hall–Kier alpha value is -3.38. The van der Waals surface area contributed by atoms with E-state index in [2.05, 4.69) is 5.48 Å². The van der Waals surface area contributed by atoms with E-state index in [0.29, 0.717) is 0 Å². The van der Waals surface area contributed by atoms with Gasteiger partial charge >= 0.3 is 12.1 Å². The number of amides is 1. The third-order valence-corrected chi connectivity index (χ3v) is 4.06. The zero-order valence-electron chi connectivity index (χ0n) is 14.5. The Morgan fingerprint density at radius 3 is 2.41 bits per heavy atom. The molecule has 0 aliphatic carbocycles. The van der Waals surface area contributed by atoms with Crippen LogP contribution in [0.4, 0.5) is 4.79 Å². The average molecular weight is 365 g/mol. The van der Waals surface area contributed by atoms with Gasteiger partial charge in [0, 0.05) is 6.42 Å². The molecule has 0 radical (unpaired) electrons. The van der Waals surface area contributed by atoms with Crippen molar-refractivity contribution in [1.82, 2.24) is 5.48 Å². The van der Waals surface area contributed by atoms with Crippen molar-refractivity contribution >= 4 is 22.8 Å². The summed E-state index contributed by atoms with van der Waals surface area (Å²) in [6.07, 6.45) is -1.93. The third kappa shape index (κ3) is 5.05. The molecule has 0 heterocycles. The Kier molecular flexibility index (Phi) is 6.02. The normalized spacial score (nSPS) is 11.7. The van der Waals surface area contributed by atoms with Crippen LogP contribution in [-0.4, -0.2) is 23.3 Å². The standard InChI is InChI=1S/C21H19NO5/c23-20(24)19(13-15-7-2-1-3-8-15)27-22-21(25)26-14-17-11-6-10-16-9-4-5-12-18(16)17/h1-12,19H,13-14H2,(H,22,25)(H,23,24)/t19-/m0/s1. The van der Waals surface area contributed by atoms with Gasteiger partial charge in [-0.15, -0.1) is 0 Å². The van der Waals surface area contributed by atoms with Gasteiger partial charge in [0.05, 0.1) is 0 Å². The monoisotopic (exact) mass is 365 g/mol. The van der Waals surface area contributed by atoms with Crippen molar-refractivity contribution in [3.8, 4) is 0 Å². The van der Waals surface area contributed by atoms with Gasteiger partial charge in [0.1, 0.15) is 6.61 Å². The molecule has 0 spiro atoms. The first-order valence-electron chi connectivity index (χ1n) is 8.45. The summed E-state index contributed by atoms with van der Waals surface area (Å²) in [6.45, 7) is 0.0486. The van der Waals surface area contributed by atoms with Crippen LogP contribution in [-0.2, 0) is 27.4 Å². The molecule has 3 aromatic carbocycles. The number of carbonyl (C=O) groups is 2. The number of benzene rings is 3. The van der Waals surface area contributed by atoms with Gasteiger partial charge in [-0.05, 0) is 21.9 Å². The summed E-state index contributed by atoms with van der Waals surface area (Å²) in [6, 6.07) is 22.5. The fourth-order valence-electron chi connectivity index (χ4n) is 2.72. The maximum absolute atomic E-state index is 11.9. The number of hydrogen-bond donors (Lipinski definition) is 2. The second kappa shape index (κ2) is 8.82. The molecule has 0 saturated carbocycles. The maximum atomic E-state index is 11.9. The van der Waals surface area contributed by atoms with Gasteiger partial charge in [-0.1, -0.05) is 72.8 Å². The number of rotatable bonds is 7. The van der Waals surface area contributed by atoms with Crippen molar-refractivity contribution in [3.63, 3.8) is 0 Å². The summed E-state index contributed by atoms with van der Waals surface area (Å²) in [5.41, 5.74) is 3.70. The lowest BCUT2D eigenvalue weighted by molar-refractivity contribution is -0.154. The molecule has 0 unspecified atom stereocenters. The lowest BCUT2D eigenvalue weighted by Gasteiger charge is -2.14. The summed E-state index contributed by atoms with van der Waals surface area (Å²) < 4.78 is 5.15. The zero-order chi connectivity index (χ0) is 19.1. The van der Waals surface area contributed by atoms with Crippen LogP contribution in [0.3, 0.4) is 0 Å². The van der Waals surface area contributed by atoms with E-state index in [4.69, 9.17) is 9.57 Å². The smallest absolute Gasteiger partial charge is 0.431 e. The van der Waals surface area contributed by atoms with E-state index in [0.717, 1.165) is 21.9 Å². The number of carbonyl (C=O) groups excluding carboxylic acids is 1. The topological polar surface area (TPSA) is 84.9 Å². The molecule has 0 aliphatic heterocycles. The number of aliphatic carboxylic acids is 1. The molecule has 0 fully saturated rings. The van der Waals surface area contributed by atoms with Crippen LogP contribution in [0.2, 0.25) is 0 Å². The third-order valence-electron chi connectivity index (χ3n) is 4.06. The van der Waals surface area contributed by atoms with E-state index >= 15 is 0 Å². The van der Waals surface area contributed by atoms with E-state index in [9.17, 15) is 14.7 Å². The van der Waals surface area contributed by atoms with Crippen molar-refractivity contribution in [2.75, 3.05) is 0 Å². The number of fused-ring (bicyclic) bond motifs is 1. The van der Waals surface area contributed by atoms with Crippen LogP contribution < -0.4 is 5.48 Å². The number of nitrogens with one attached hydrogen (secondary N) is 1. The predicted octanol–water partition coefficient (Wildman–Crippen LogP) is 3.69. The van der Waals surface area contributed by atoms with Gasteiger partial charge < -0.3 is 9.84 Å². The number of carboxylic acids is 1. The largest absolute Gasteiger partial charge is 0.479 e. The Balaban J connectivity index is 1.54. The van der Waals surface area contributed by atoms with E-state index < -0.39 is 18.2 Å². The summed E-state index contributed by atoms with van der Waals surface area (Å²) in [7, 11) is 0. The van der Waals surface area contributed by atoms with Crippen molar-refractivity contribution in [2.45, 2.75) is 19.1 Å². The van der Waals surface area contributed by atoms with Gasteiger partial charge in [-0.2, -0.15) is 5.48 Å².